The van der Waals surface area contributed by atoms with Crippen LogP contribution >= 0.6 is 0 Å². The minimum absolute atomic E-state index is 0.0496. The van der Waals surface area contributed by atoms with Crippen LogP contribution in [0.15, 0.2) is 59.6 Å². The molecule has 6 heteroatoms. The van der Waals surface area contributed by atoms with Crippen LogP contribution in [0.2, 0.25) is 0 Å². The summed E-state index contributed by atoms with van der Waals surface area (Å²) < 4.78 is 0. The molecular weight excluding hydrogens is 534 g/mol. The highest BCUT2D eigenvalue weighted by Crippen LogP contribution is 2.50. The van der Waals surface area contributed by atoms with Gasteiger partial charge in [-0.05, 0) is 97.3 Å². The van der Waals surface area contributed by atoms with Crippen LogP contribution in [0.4, 0.5) is 0 Å². The fourth-order valence-electron chi connectivity index (χ4n) is 7.54. The molecule has 0 radical (unpaired) electrons. The van der Waals surface area contributed by atoms with Crippen molar-refractivity contribution >= 4 is 17.7 Å². The molecule has 2 aliphatic heterocycles. The SMILES string of the molecule is CC(C)(C)CC[C@H](c1ccc(C(=O)O)cc1)N1C(=O)C(N2CCC(c3ccccc3)CC2)=NC12CCC(C(C)(C)C)CC2. The first-order chi connectivity index (χ1) is 20.3. The number of likely N-dealkylation sites (tertiary alicyclic amines) is 1. The molecule has 43 heavy (non-hydrogen) atoms. The number of amides is 1. The summed E-state index contributed by atoms with van der Waals surface area (Å²) in [5.74, 6) is 0.863. The molecule has 2 aromatic rings. The van der Waals surface area contributed by atoms with E-state index in [9.17, 15) is 14.7 Å². The van der Waals surface area contributed by atoms with E-state index in [1.54, 1.807) is 12.1 Å². The van der Waals surface area contributed by atoms with Crippen molar-refractivity contribution in [1.29, 1.82) is 0 Å². The van der Waals surface area contributed by atoms with Crippen LogP contribution in [-0.4, -0.2) is 51.4 Å². The second-order valence-electron chi connectivity index (χ2n) is 15.4. The number of aromatic carboxylic acids is 1. The number of rotatable bonds is 6. The average Bonchev–Trinajstić information content (AvgIpc) is 3.24. The van der Waals surface area contributed by atoms with Gasteiger partial charge in [0.25, 0.3) is 5.91 Å². The summed E-state index contributed by atoms with van der Waals surface area (Å²) in [6.07, 6.45) is 7.60. The van der Waals surface area contributed by atoms with E-state index in [1.807, 2.05) is 12.1 Å². The number of nitrogens with zero attached hydrogens (tertiary/aromatic N) is 3. The molecule has 1 saturated carbocycles. The zero-order valence-corrected chi connectivity index (χ0v) is 27.1. The van der Waals surface area contributed by atoms with Crippen LogP contribution in [0.25, 0.3) is 0 Å². The third-order valence-corrected chi connectivity index (χ3v) is 10.3. The van der Waals surface area contributed by atoms with Gasteiger partial charge in [0, 0.05) is 13.1 Å². The first-order valence-electron chi connectivity index (χ1n) is 16.3. The van der Waals surface area contributed by atoms with Gasteiger partial charge in [-0.2, -0.15) is 0 Å². The maximum Gasteiger partial charge on any atom is 0.335 e. The van der Waals surface area contributed by atoms with Gasteiger partial charge in [-0.3, -0.25) is 4.79 Å². The van der Waals surface area contributed by atoms with Gasteiger partial charge in [0.05, 0.1) is 11.6 Å². The van der Waals surface area contributed by atoms with Crippen LogP contribution < -0.4 is 0 Å². The summed E-state index contributed by atoms with van der Waals surface area (Å²) >= 11 is 0. The summed E-state index contributed by atoms with van der Waals surface area (Å²) in [7, 11) is 0. The number of benzene rings is 2. The van der Waals surface area contributed by atoms with Gasteiger partial charge in [0.15, 0.2) is 5.84 Å². The van der Waals surface area contributed by atoms with Crippen molar-refractivity contribution in [2.45, 2.75) is 111 Å². The Hall–Kier alpha value is -3.15. The van der Waals surface area contributed by atoms with E-state index in [2.05, 4.69) is 81.7 Å². The van der Waals surface area contributed by atoms with E-state index >= 15 is 0 Å². The molecule has 6 nitrogen and oxygen atoms in total. The van der Waals surface area contributed by atoms with E-state index in [0.29, 0.717) is 17.7 Å². The topological polar surface area (TPSA) is 73.2 Å². The number of amidine groups is 1. The van der Waals surface area contributed by atoms with Crippen molar-refractivity contribution in [2.75, 3.05) is 13.1 Å². The molecule has 0 bridgehead atoms. The lowest BCUT2D eigenvalue weighted by Gasteiger charge is -2.47. The van der Waals surface area contributed by atoms with Crippen molar-refractivity contribution in [3.63, 3.8) is 0 Å². The van der Waals surface area contributed by atoms with Crippen LogP contribution in [0.5, 0.6) is 0 Å². The minimum Gasteiger partial charge on any atom is -0.478 e. The first kappa shape index (κ1) is 31.3. The molecule has 2 heterocycles. The molecule has 0 aromatic heterocycles. The number of carboxylic acids is 1. The van der Waals surface area contributed by atoms with Crippen molar-refractivity contribution in [3.05, 3.63) is 71.3 Å². The van der Waals surface area contributed by atoms with Gasteiger partial charge >= 0.3 is 5.97 Å². The van der Waals surface area contributed by atoms with Crippen molar-refractivity contribution in [1.82, 2.24) is 9.80 Å². The number of hydrogen-bond donors (Lipinski definition) is 1. The predicted octanol–water partition coefficient (Wildman–Crippen LogP) is 8.31. The Balaban J connectivity index is 1.48. The molecule has 2 aromatic carbocycles. The van der Waals surface area contributed by atoms with Gasteiger partial charge in [0.1, 0.15) is 5.66 Å². The number of carboxylic acid groups (broad SMARTS) is 1. The fourth-order valence-corrected chi connectivity index (χ4v) is 7.54. The zero-order chi connectivity index (χ0) is 31.0. The third-order valence-electron chi connectivity index (χ3n) is 10.3. The third kappa shape index (κ3) is 6.84. The normalized spacial score (nSPS) is 24.4. The highest BCUT2D eigenvalue weighted by molar-refractivity contribution is 6.39. The Morgan fingerprint density at radius 3 is 2.07 bits per heavy atom. The largest absolute Gasteiger partial charge is 0.478 e. The number of carbonyl (C=O) groups is 2. The van der Waals surface area contributed by atoms with Gasteiger partial charge in [-0.25, -0.2) is 9.79 Å². The van der Waals surface area contributed by atoms with Crippen molar-refractivity contribution in [2.24, 2.45) is 21.7 Å². The quantitative estimate of drug-likeness (QED) is 0.370. The Morgan fingerprint density at radius 2 is 1.53 bits per heavy atom. The molecule has 5 rings (SSSR count). The molecular formula is C37H51N3O3. The highest BCUT2D eigenvalue weighted by atomic mass is 16.4. The molecule has 1 N–H and O–H groups in total. The van der Waals surface area contributed by atoms with Crippen LogP contribution in [-0.2, 0) is 4.79 Å². The smallest absolute Gasteiger partial charge is 0.335 e. The van der Waals surface area contributed by atoms with Gasteiger partial charge < -0.3 is 14.9 Å². The van der Waals surface area contributed by atoms with Gasteiger partial charge in [-0.1, -0.05) is 84.0 Å². The molecule has 1 spiro atoms. The second-order valence-corrected chi connectivity index (χ2v) is 15.4. The van der Waals surface area contributed by atoms with E-state index < -0.39 is 11.6 Å². The Bertz CT molecular complexity index is 1300. The van der Waals surface area contributed by atoms with E-state index in [1.165, 1.54) is 5.56 Å². The Labute approximate surface area is 258 Å². The summed E-state index contributed by atoms with van der Waals surface area (Å²) in [6, 6.07) is 17.8. The van der Waals surface area contributed by atoms with E-state index in [4.69, 9.17) is 4.99 Å². The zero-order valence-electron chi connectivity index (χ0n) is 27.1. The molecule has 3 aliphatic rings. The highest BCUT2D eigenvalue weighted by Gasteiger charge is 2.53. The van der Waals surface area contributed by atoms with Crippen LogP contribution in [0.1, 0.15) is 126 Å². The van der Waals surface area contributed by atoms with E-state index in [-0.39, 0.29) is 28.3 Å². The summed E-state index contributed by atoms with van der Waals surface area (Å²) in [6.45, 7) is 15.4. The maximum absolute atomic E-state index is 14.7. The fraction of sp³-hybridized carbons (Fsp3) is 0.595. The number of aliphatic imine (C=N–C) groups is 1. The maximum atomic E-state index is 14.7. The molecule has 0 unspecified atom stereocenters. The van der Waals surface area contributed by atoms with Gasteiger partial charge in [0.2, 0.25) is 0 Å². The van der Waals surface area contributed by atoms with E-state index in [0.717, 1.165) is 70.0 Å². The molecule has 1 amide bonds. The summed E-state index contributed by atoms with van der Waals surface area (Å²) in [5, 5.41) is 9.55. The molecule has 1 aliphatic carbocycles. The molecule has 2 fully saturated rings. The lowest BCUT2D eigenvalue weighted by molar-refractivity contribution is -0.134. The summed E-state index contributed by atoms with van der Waals surface area (Å²) in [5.41, 5.74) is 2.41. The second kappa shape index (κ2) is 12.1. The van der Waals surface area contributed by atoms with Crippen LogP contribution in [0.3, 0.4) is 0 Å². The minimum atomic E-state index is -0.934. The molecule has 232 valence electrons. The average molecular weight is 586 g/mol. The van der Waals surface area contributed by atoms with Crippen LogP contribution in [0, 0.1) is 16.7 Å². The molecule has 1 atom stereocenters. The lowest BCUT2D eigenvalue weighted by atomic mass is 9.69. The number of piperidine rings is 1. The Kier molecular flexibility index (Phi) is 8.79. The van der Waals surface area contributed by atoms with Crippen molar-refractivity contribution in [3.8, 4) is 0 Å². The number of carbonyl (C=O) groups excluding carboxylic acids is 1. The monoisotopic (exact) mass is 585 g/mol. The lowest BCUT2D eigenvalue weighted by Crippen LogP contribution is -2.52. The van der Waals surface area contributed by atoms with Gasteiger partial charge in [-0.15, -0.1) is 0 Å². The standard InChI is InChI=1S/C37H51N3O3/c1-35(2,3)21-18-31(28-12-14-29(15-13-28)34(42)43)40-33(41)32(38-37(40)22-16-30(17-23-37)36(4,5)6)39-24-19-27(20-25-39)26-10-8-7-9-11-26/h7-15,27,30-31H,16-25H2,1-6H3,(H,42,43)/t30?,31-,37?/m1/s1. The van der Waals surface area contributed by atoms with Crippen molar-refractivity contribution < 1.29 is 14.7 Å². The Morgan fingerprint density at radius 1 is 0.930 bits per heavy atom. The summed E-state index contributed by atoms with van der Waals surface area (Å²) in [4.78, 5) is 36.2. The predicted molar refractivity (Wildman–Crippen MR) is 173 cm³/mol. The first-order valence-corrected chi connectivity index (χ1v) is 16.3. The number of hydrogen-bond acceptors (Lipinski definition) is 4. The molecule has 1 saturated heterocycles.